The van der Waals surface area contributed by atoms with Gasteiger partial charge in [-0.1, -0.05) is 42.5 Å². The van der Waals surface area contributed by atoms with E-state index in [-0.39, 0.29) is 12.2 Å². The molecule has 1 heterocycles. The first-order chi connectivity index (χ1) is 10.2. The topological polar surface area (TPSA) is 38.8 Å². The molecule has 3 rings (SSSR count). The maximum atomic E-state index is 11.4. The number of ether oxygens (including phenoxy) is 2. The number of benzene rings is 2. The molecule has 1 fully saturated rings. The van der Waals surface area contributed by atoms with Crippen LogP contribution in [0.3, 0.4) is 0 Å². The quantitative estimate of drug-likeness (QED) is 0.639. The van der Waals surface area contributed by atoms with Gasteiger partial charge in [-0.15, -0.1) is 0 Å². The molecule has 0 spiro atoms. The van der Waals surface area contributed by atoms with Crippen molar-refractivity contribution in [2.45, 2.75) is 12.7 Å². The number of carbonyl (C=O) groups is 1. The molecule has 21 heavy (non-hydrogen) atoms. The number of likely N-dealkylation sites (N-methyl/N-ethyl adjacent to an activating group) is 1. The van der Waals surface area contributed by atoms with E-state index in [1.54, 1.807) is 11.9 Å². The molecule has 0 bridgehead atoms. The van der Waals surface area contributed by atoms with E-state index < -0.39 is 0 Å². The SMILES string of the molecule is C[15N]1[13CH2][13CH](c2ccc(OCc3ccccc3)cc2)OC1=O. The predicted molar refractivity (Wildman–Crippen MR) is 79.1 cm³/mol. The van der Waals surface area contributed by atoms with Crippen molar-refractivity contribution in [3.63, 3.8) is 0 Å². The summed E-state index contributed by atoms with van der Waals surface area (Å²) in [5.74, 6) is 0.806. The Morgan fingerprint density at radius 1 is 1.14 bits per heavy atom. The first-order valence-electron chi connectivity index (χ1n) is 6.91. The van der Waals surface area contributed by atoms with Crippen LogP contribution in [-0.2, 0) is 11.3 Å². The van der Waals surface area contributed by atoms with Gasteiger partial charge < -0.3 is 14.4 Å². The Balaban J connectivity index is 1.61. The third-order valence-corrected chi connectivity index (χ3v) is 3.49. The lowest BCUT2D eigenvalue weighted by Crippen LogP contribution is -2.17. The normalized spacial score (nSPS) is 17.7. The lowest BCUT2D eigenvalue weighted by Gasteiger charge is -2.10. The number of nitrogens with zero attached hydrogens (tertiary/aromatic N) is 1. The predicted octanol–water partition coefficient (Wildman–Crippen LogP) is 3.39. The van der Waals surface area contributed by atoms with E-state index in [2.05, 4.69) is 0 Å². The van der Waals surface area contributed by atoms with Crippen LogP contribution in [0.15, 0.2) is 54.6 Å². The first-order valence-corrected chi connectivity index (χ1v) is 6.91. The van der Waals surface area contributed by atoms with Gasteiger partial charge in [0.1, 0.15) is 18.5 Å². The molecule has 2 aromatic carbocycles. The van der Waals surface area contributed by atoms with Gasteiger partial charge in [-0.25, -0.2) is 4.79 Å². The van der Waals surface area contributed by atoms with Crippen molar-refractivity contribution in [3.8, 4) is 5.75 Å². The molecular weight excluding hydrogens is 269 g/mol. The zero-order valence-corrected chi connectivity index (χ0v) is 11.9. The van der Waals surface area contributed by atoms with Gasteiger partial charge in [-0.2, -0.15) is 0 Å². The Morgan fingerprint density at radius 3 is 2.48 bits per heavy atom. The van der Waals surface area contributed by atoms with Crippen LogP contribution in [0.4, 0.5) is 4.79 Å². The standard InChI is InChI=1S/C17H17NO3/c1-18-11-16(21-17(18)19)14-7-9-15(10-8-14)20-12-13-5-3-2-4-6-13/h2-10,16H,11-12H2,1H3/i11+1,16+1,18+1. The van der Waals surface area contributed by atoms with Gasteiger partial charge in [0.15, 0.2) is 0 Å². The van der Waals surface area contributed by atoms with Crippen LogP contribution in [0.25, 0.3) is 0 Å². The summed E-state index contributed by atoms with van der Waals surface area (Å²) in [6, 6.07) is 17.7. The molecule has 0 radical (unpaired) electrons. The summed E-state index contributed by atoms with van der Waals surface area (Å²) in [4.78, 5) is 12.9. The van der Waals surface area contributed by atoms with E-state index in [1.807, 2.05) is 54.6 Å². The summed E-state index contributed by atoms with van der Waals surface area (Å²) in [6.45, 7) is 1.13. The van der Waals surface area contributed by atoms with Gasteiger partial charge in [-0.05, 0) is 23.3 Å². The molecule has 4 heteroatoms. The molecule has 0 N–H and O–H groups in total. The summed E-state index contributed by atoms with van der Waals surface area (Å²) in [5.41, 5.74) is 2.12. The molecule has 1 aliphatic rings. The highest BCUT2D eigenvalue weighted by molar-refractivity contribution is 5.69. The second-order valence-corrected chi connectivity index (χ2v) is 5.10. The van der Waals surface area contributed by atoms with Gasteiger partial charge in [0, 0.05) is 7.05 Å². The summed E-state index contributed by atoms with van der Waals surface area (Å²) in [5, 5.41) is 0. The van der Waals surface area contributed by atoms with Crippen molar-refractivity contribution >= 4 is 6.09 Å². The minimum Gasteiger partial charge on any atom is -0.489 e. The third-order valence-electron chi connectivity index (χ3n) is 3.49. The number of rotatable bonds is 4. The van der Waals surface area contributed by atoms with Gasteiger partial charge in [-0.3, -0.25) is 0 Å². The van der Waals surface area contributed by atoms with Gasteiger partial charge in [0.2, 0.25) is 0 Å². The monoisotopic (exact) mass is 286 g/mol. The minimum absolute atomic E-state index is 0.189. The largest absolute Gasteiger partial charge is 0.489 e. The van der Waals surface area contributed by atoms with E-state index in [1.165, 1.54) is 0 Å². The van der Waals surface area contributed by atoms with Gasteiger partial charge in [0.25, 0.3) is 0 Å². The molecule has 108 valence electrons. The van der Waals surface area contributed by atoms with Crippen molar-refractivity contribution in [1.82, 2.24) is 4.90 Å². The lowest BCUT2D eigenvalue weighted by molar-refractivity contribution is 0.135. The third kappa shape index (κ3) is 3.16. The zero-order chi connectivity index (χ0) is 14.7. The zero-order valence-electron chi connectivity index (χ0n) is 11.9. The maximum Gasteiger partial charge on any atom is 0.410 e. The molecular formula is C17H17NO3. The van der Waals surface area contributed by atoms with E-state index in [4.69, 9.17) is 9.47 Å². The summed E-state index contributed by atoms with van der Waals surface area (Å²) in [6.07, 6.45) is -0.463. The summed E-state index contributed by atoms with van der Waals surface area (Å²) < 4.78 is 11.0. The van der Waals surface area contributed by atoms with Gasteiger partial charge >= 0.3 is 6.09 Å². The van der Waals surface area contributed by atoms with E-state index in [0.29, 0.717) is 13.2 Å². The van der Waals surface area contributed by atoms with Crippen molar-refractivity contribution < 1.29 is 14.3 Å². The molecule has 1 amide bonds. The number of cyclic esters (lactones) is 1. The molecule has 1 aliphatic heterocycles. The van der Waals surface area contributed by atoms with Crippen LogP contribution >= 0.6 is 0 Å². The molecule has 2 aromatic rings. The Morgan fingerprint density at radius 2 is 1.86 bits per heavy atom. The average molecular weight is 286 g/mol. The van der Waals surface area contributed by atoms with Crippen LogP contribution in [0, 0.1) is 0 Å². The fourth-order valence-electron chi connectivity index (χ4n) is 2.27. The van der Waals surface area contributed by atoms with Crippen molar-refractivity contribution in [1.29, 1.82) is 0 Å². The molecule has 1 saturated heterocycles. The maximum absolute atomic E-state index is 11.4. The number of carbonyl (C=O) groups excluding carboxylic acids is 1. The van der Waals surface area contributed by atoms with Crippen LogP contribution < -0.4 is 4.74 Å². The highest BCUT2D eigenvalue weighted by Gasteiger charge is 2.29. The number of hydrogen-bond acceptors (Lipinski definition) is 3. The van der Waals surface area contributed by atoms with Crippen molar-refractivity contribution in [3.05, 3.63) is 65.7 Å². The number of amides is 1. The van der Waals surface area contributed by atoms with Crippen LogP contribution in [0.5, 0.6) is 5.75 Å². The molecule has 1 atom stereocenters. The van der Waals surface area contributed by atoms with Crippen molar-refractivity contribution in [2.75, 3.05) is 13.6 Å². The first kappa shape index (κ1) is 13.5. The van der Waals surface area contributed by atoms with E-state index in [9.17, 15) is 4.79 Å². The van der Waals surface area contributed by atoms with Crippen LogP contribution in [0.1, 0.15) is 17.2 Å². The van der Waals surface area contributed by atoms with Gasteiger partial charge in [0.05, 0.1) is 6.54 Å². The molecule has 0 aliphatic carbocycles. The minimum atomic E-state index is -0.274. The molecule has 0 aromatic heterocycles. The Hall–Kier alpha value is -2.49. The van der Waals surface area contributed by atoms with Crippen molar-refractivity contribution in [2.24, 2.45) is 0 Å². The van der Waals surface area contributed by atoms with E-state index in [0.717, 1.165) is 16.9 Å². The van der Waals surface area contributed by atoms with Crippen LogP contribution in [0.2, 0.25) is 0 Å². The second kappa shape index (κ2) is 5.87. The second-order valence-electron chi connectivity index (χ2n) is 5.10. The molecule has 4 nitrogen and oxygen atoms in total. The highest BCUT2D eigenvalue weighted by Crippen LogP contribution is 2.26. The fourth-order valence-corrected chi connectivity index (χ4v) is 2.27. The molecule has 0 saturated carbocycles. The Bertz CT molecular complexity index is 610. The Labute approximate surface area is 123 Å². The lowest BCUT2D eigenvalue weighted by atomic mass is 10.2. The fraction of sp³-hybridized carbons (Fsp3) is 0.235. The van der Waals surface area contributed by atoms with E-state index >= 15 is 0 Å². The average Bonchev–Trinajstić information content (AvgIpc) is 2.86. The highest BCUT2D eigenvalue weighted by atomic mass is 16.7. The smallest absolute Gasteiger partial charge is 0.410 e. The number of hydrogen-bond donors (Lipinski definition) is 0. The molecule has 1 unspecified atom stereocenters. The summed E-state index contributed by atoms with van der Waals surface area (Å²) in [7, 11) is 1.74. The Kier molecular flexibility index (Phi) is 3.77. The summed E-state index contributed by atoms with van der Waals surface area (Å²) >= 11 is 0. The van der Waals surface area contributed by atoms with Crippen LogP contribution in [-0.4, -0.2) is 24.6 Å².